The van der Waals surface area contributed by atoms with Crippen LogP contribution in [0.3, 0.4) is 0 Å². The lowest BCUT2D eigenvalue weighted by atomic mass is 9.48. The molecular formula is C28H29F2N. The van der Waals surface area contributed by atoms with Gasteiger partial charge < -0.3 is 0 Å². The molecular weight excluding hydrogens is 388 g/mol. The van der Waals surface area contributed by atoms with E-state index in [9.17, 15) is 0 Å². The lowest BCUT2D eigenvalue weighted by Crippen LogP contribution is -2.71. The number of benzene rings is 2. The van der Waals surface area contributed by atoms with Gasteiger partial charge in [-0.25, -0.2) is 8.78 Å². The molecule has 2 atom stereocenters. The maximum absolute atomic E-state index is 15.6. The normalized spacial score (nSPS) is 31.4. The molecule has 0 unspecified atom stereocenters. The molecule has 160 valence electrons. The van der Waals surface area contributed by atoms with Crippen LogP contribution in [0.5, 0.6) is 0 Å². The number of fused-ring (bicyclic) bond motifs is 2. The number of hydrogen-bond donors (Lipinski definition) is 0. The average Bonchev–Trinajstić information content (AvgIpc) is 3.04. The lowest BCUT2D eigenvalue weighted by molar-refractivity contribution is -0.176. The molecule has 1 heterocycles. The predicted molar refractivity (Wildman–Crippen MR) is 121 cm³/mol. The largest absolute Gasteiger partial charge is 0.283 e. The second kappa shape index (κ2) is 6.87. The Morgan fingerprint density at radius 2 is 1.81 bits per heavy atom. The van der Waals surface area contributed by atoms with Crippen molar-refractivity contribution < 1.29 is 8.78 Å². The van der Waals surface area contributed by atoms with Crippen molar-refractivity contribution in [2.24, 2.45) is 5.92 Å². The zero-order valence-electron chi connectivity index (χ0n) is 18.3. The van der Waals surface area contributed by atoms with E-state index >= 15 is 8.78 Å². The monoisotopic (exact) mass is 417 g/mol. The molecule has 0 aromatic heterocycles. The third-order valence-corrected chi connectivity index (χ3v) is 8.31. The summed E-state index contributed by atoms with van der Waals surface area (Å²) in [6.45, 7) is 4.10. The van der Waals surface area contributed by atoms with Crippen molar-refractivity contribution in [1.82, 2.24) is 4.90 Å². The van der Waals surface area contributed by atoms with Crippen molar-refractivity contribution in [1.29, 1.82) is 0 Å². The fourth-order valence-corrected chi connectivity index (χ4v) is 6.89. The van der Waals surface area contributed by atoms with Gasteiger partial charge in [-0.15, -0.1) is 0 Å². The fourth-order valence-electron chi connectivity index (χ4n) is 6.89. The summed E-state index contributed by atoms with van der Waals surface area (Å²) in [6, 6.07) is 11.6. The summed E-state index contributed by atoms with van der Waals surface area (Å²) in [5.74, 6) is 0.00424. The Bertz CT molecular complexity index is 1090. The van der Waals surface area contributed by atoms with E-state index in [2.05, 4.69) is 36.1 Å². The number of allylic oxidation sites excluding steroid dienone is 1. The summed E-state index contributed by atoms with van der Waals surface area (Å²) in [5, 5.41) is 0. The van der Waals surface area contributed by atoms with Crippen molar-refractivity contribution in [2.75, 3.05) is 0 Å². The zero-order valence-corrected chi connectivity index (χ0v) is 18.3. The number of nitrogens with zero attached hydrogens (tertiary/aromatic N) is 1. The summed E-state index contributed by atoms with van der Waals surface area (Å²) >= 11 is 0. The second-order valence-corrected chi connectivity index (χ2v) is 10.0. The molecule has 1 aliphatic heterocycles. The van der Waals surface area contributed by atoms with Crippen molar-refractivity contribution >= 4 is 11.6 Å². The number of rotatable bonds is 4. The summed E-state index contributed by atoms with van der Waals surface area (Å²) in [5.41, 5.74) is 6.16. The first-order valence-corrected chi connectivity index (χ1v) is 11.7. The van der Waals surface area contributed by atoms with Crippen molar-refractivity contribution in [3.05, 3.63) is 81.9 Å². The van der Waals surface area contributed by atoms with Gasteiger partial charge in [-0.05, 0) is 91.3 Å². The summed E-state index contributed by atoms with van der Waals surface area (Å²) < 4.78 is 31.2. The Hall–Kier alpha value is -2.26. The average molecular weight is 418 g/mol. The molecule has 0 spiro atoms. The van der Waals surface area contributed by atoms with Crippen LogP contribution in [0.2, 0.25) is 0 Å². The fraction of sp³-hybridized carbons (Fsp3) is 0.429. The third-order valence-electron chi connectivity index (χ3n) is 8.31. The Labute approximate surface area is 183 Å². The molecule has 4 aliphatic carbocycles. The predicted octanol–water partition coefficient (Wildman–Crippen LogP) is 7.09. The van der Waals surface area contributed by atoms with Crippen LogP contribution in [-0.2, 0) is 6.42 Å². The highest BCUT2D eigenvalue weighted by molar-refractivity contribution is 5.79. The van der Waals surface area contributed by atoms with Crippen LogP contribution in [-0.4, -0.2) is 16.5 Å². The molecule has 0 radical (unpaired) electrons. The van der Waals surface area contributed by atoms with E-state index in [1.165, 1.54) is 53.7 Å². The molecule has 2 bridgehead atoms. The number of hydrogen-bond acceptors (Lipinski definition) is 1. The SMILES string of the molecule is C/C=C/c1cc(F)c([C@H]2C3=C(C[C@H](CC)N2C24CC(C2)C4)c2ccccc2C3)c(F)c1. The molecule has 3 heteroatoms. The molecule has 0 N–H and O–H groups in total. The standard InChI is InChI=1S/C28H29F2N/c1-3-7-17-10-24(29)26(25(30)11-17)27-23-12-19-8-5-6-9-21(19)22(23)13-20(4-2)31(27)28-14-18(15-28)16-28/h3,5-11,18,20,27H,4,12-16H2,1-2H3/b7-3+/t18?,20-,27+,28?/m0/s1. The smallest absolute Gasteiger partial charge is 0.131 e. The van der Waals surface area contributed by atoms with Gasteiger partial charge in [-0.3, -0.25) is 4.90 Å². The van der Waals surface area contributed by atoms with Crippen LogP contribution in [0.25, 0.3) is 11.6 Å². The molecule has 2 aromatic rings. The minimum atomic E-state index is -0.408. The second-order valence-electron chi connectivity index (χ2n) is 10.0. The van der Waals surface area contributed by atoms with Gasteiger partial charge in [0.2, 0.25) is 0 Å². The first kappa shape index (κ1) is 19.4. The first-order chi connectivity index (χ1) is 15.0. The molecule has 7 rings (SSSR count). The molecule has 0 saturated heterocycles. The van der Waals surface area contributed by atoms with Gasteiger partial charge in [0.1, 0.15) is 11.6 Å². The first-order valence-electron chi connectivity index (χ1n) is 11.7. The van der Waals surface area contributed by atoms with Gasteiger partial charge in [-0.1, -0.05) is 43.3 Å². The van der Waals surface area contributed by atoms with Gasteiger partial charge in [0, 0.05) is 17.1 Å². The molecule has 3 fully saturated rings. The highest BCUT2D eigenvalue weighted by Gasteiger charge is 2.63. The molecule has 5 aliphatic rings. The minimum absolute atomic E-state index is 0.143. The Balaban J connectivity index is 1.55. The van der Waals surface area contributed by atoms with Crippen molar-refractivity contribution in [3.8, 4) is 0 Å². The van der Waals surface area contributed by atoms with E-state index in [1.807, 2.05) is 13.0 Å². The summed E-state index contributed by atoms with van der Waals surface area (Å²) in [4.78, 5) is 2.56. The molecule has 3 saturated carbocycles. The van der Waals surface area contributed by atoms with E-state index in [1.54, 1.807) is 6.08 Å². The van der Waals surface area contributed by atoms with Gasteiger partial charge in [0.15, 0.2) is 0 Å². The molecule has 0 amide bonds. The minimum Gasteiger partial charge on any atom is -0.283 e. The van der Waals surface area contributed by atoms with Crippen LogP contribution in [0.4, 0.5) is 8.78 Å². The summed E-state index contributed by atoms with van der Waals surface area (Å²) in [6.07, 6.45) is 9.95. The van der Waals surface area contributed by atoms with Crippen LogP contribution < -0.4 is 0 Å². The Morgan fingerprint density at radius 3 is 2.42 bits per heavy atom. The van der Waals surface area contributed by atoms with Gasteiger partial charge in [0.25, 0.3) is 0 Å². The Kier molecular flexibility index (Phi) is 4.30. The van der Waals surface area contributed by atoms with Gasteiger partial charge >= 0.3 is 0 Å². The van der Waals surface area contributed by atoms with E-state index in [4.69, 9.17) is 0 Å². The highest BCUT2D eigenvalue weighted by atomic mass is 19.1. The van der Waals surface area contributed by atoms with Crippen molar-refractivity contribution in [3.63, 3.8) is 0 Å². The topological polar surface area (TPSA) is 3.24 Å². The molecule has 2 aromatic carbocycles. The molecule has 31 heavy (non-hydrogen) atoms. The zero-order chi connectivity index (χ0) is 21.3. The van der Waals surface area contributed by atoms with E-state index < -0.39 is 11.6 Å². The highest BCUT2D eigenvalue weighted by Crippen LogP contribution is 2.66. The quantitative estimate of drug-likeness (QED) is 0.513. The van der Waals surface area contributed by atoms with E-state index in [0.717, 1.165) is 25.2 Å². The van der Waals surface area contributed by atoms with E-state index in [0.29, 0.717) is 11.6 Å². The lowest BCUT2D eigenvalue weighted by Gasteiger charge is -2.70. The van der Waals surface area contributed by atoms with Crippen LogP contribution in [0.15, 0.2) is 48.0 Å². The summed E-state index contributed by atoms with van der Waals surface area (Å²) in [7, 11) is 0. The maximum atomic E-state index is 15.6. The van der Waals surface area contributed by atoms with E-state index in [-0.39, 0.29) is 17.1 Å². The van der Waals surface area contributed by atoms with Crippen LogP contribution in [0, 0.1) is 17.6 Å². The Morgan fingerprint density at radius 1 is 1.10 bits per heavy atom. The number of halogens is 2. The van der Waals surface area contributed by atoms with Gasteiger partial charge in [-0.2, -0.15) is 0 Å². The van der Waals surface area contributed by atoms with Crippen molar-refractivity contribution in [2.45, 2.75) is 70.0 Å². The van der Waals surface area contributed by atoms with Crippen LogP contribution in [0.1, 0.15) is 74.2 Å². The van der Waals surface area contributed by atoms with Crippen LogP contribution >= 0.6 is 0 Å². The molecule has 1 nitrogen and oxygen atoms in total. The third kappa shape index (κ3) is 2.68. The van der Waals surface area contributed by atoms with Gasteiger partial charge in [0.05, 0.1) is 6.04 Å². The maximum Gasteiger partial charge on any atom is 0.131 e.